The number of benzene rings is 2. The number of hydrogen-bond acceptors (Lipinski definition) is 4. The van der Waals surface area contributed by atoms with Crippen LogP contribution in [0.1, 0.15) is 12.0 Å². The van der Waals surface area contributed by atoms with Gasteiger partial charge in [-0.3, -0.25) is 4.79 Å². The van der Waals surface area contributed by atoms with Crippen LogP contribution in [0.5, 0.6) is 5.75 Å². The first-order chi connectivity index (χ1) is 11.6. The lowest BCUT2D eigenvalue weighted by molar-refractivity contribution is -0.116. The van der Waals surface area contributed by atoms with E-state index < -0.39 is 0 Å². The summed E-state index contributed by atoms with van der Waals surface area (Å²) in [6, 6.07) is 15.9. The van der Waals surface area contributed by atoms with Gasteiger partial charge in [-0.1, -0.05) is 24.3 Å². The van der Waals surface area contributed by atoms with Gasteiger partial charge in [-0.25, -0.2) is 0 Å². The Morgan fingerprint density at radius 2 is 1.88 bits per heavy atom. The van der Waals surface area contributed by atoms with Crippen LogP contribution in [0, 0.1) is 0 Å². The monoisotopic (exact) mass is 344 g/mol. The highest BCUT2D eigenvalue weighted by Crippen LogP contribution is 2.24. The van der Waals surface area contributed by atoms with Crippen molar-refractivity contribution in [2.24, 2.45) is 0 Å². The van der Waals surface area contributed by atoms with Gasteiger partial charge in [0.25, 0.3) is 0 Å². The molecule has 5 heteroatoms. The van der Waals surface area contributed by atoms with Crippen molar-refractivity contribution in [3.8, 4) is 5.75 Å². The number of nitrogens with one attached hydrogen (secondary N) is 1. The van der Waals surface area contributed by atoms with Crippen LogP contribution in [0.15, 0.2) is 53.4 Å². The predicted octanol–water partition coefficient (Wildman–Crippen LogP) is 3.88. The van der Waals surface area contributed by atoms with Gasteiger partial charge in [-0.15, -0.1) is 11.8 Å². The van der Waals surface area contributed by atoms with Crippen molar-refractivity contribution >= 4 is 23.4 Å². The number of rotatable bonds is 8. The molecule has 0 radical (unpaired) electrons. The molecule has 0 heterocycles. The topological polar surface area (TPSA) is 41.6 Å². The first kappa shape index (κ1) is 18.4. The van der Waals surface area contributed by atoms with Crippen molar-refractivity contribution in [2.75, 3.05) is 32.3 Å². The maximum atomic E-state index is 12.2. The zero-order valence-corrected chi connectivity index (χ0v) is 15.2. The van der Waals surface area contributed by atoms with Gasteiger partial charge in [0.05, 0.1) is 12.8 Å². The smallest absolute Gasteiger partial charge is 0.225 e. The Bertz CT molecular complexity index is 659. The van der Waals surface area contributed by atoms with Crippen LogP contribution >= 0.6 is 11.8 Å². The van der Waals surface area contributed by atoms with Crippen LogP contribution in [-0.2, 0) is 11.3 Å². The third kappa shape index (κ3) is 5.58. The van der Waals surface area contributed by atoms with E-state index in [-0.39, 0.29) is 5.91 Å². The van der Waals surface area contributed by atoms with Crippen molar-refractivity contribution in [1.29, 1.82) is 0 Å². The number of ether oxygens (including phenoxy) is 1. The summed E-state index contributed by atoms with van der Waals surface area (Å²) < 4.78 is 5.16. The van der Waals surface area contributed by atoms with Gasteiger partial charge in [0, 0.05) is 24.4 Å². The average molecular weight is 344 g/mol. The SMILES string of the molecule is COc1ccc(CN(C)CCC(=O)Nc2ccccc2SC)cc1. The van der Waals surface area contributed by atoms with Crippen molar-refractivity contribution in [3.05, 3.63) is 54.1 Å². The van der Waals surface area contributed by atoms with Crippen LogP contribution in [0.25, 0.3) is 0 Å². The summed E-state index contributed by atoms with van der Waals surface area (Å²) in [5, 5.41) is 2.99. The summed E-state index contributed by atoms with van der Waals surface area (Å²) in [4.78, 5) is 15.4. The molecule has 0 fully saturated rings. The van der Waals surface area contributed by atoms with E-state index in [9.17, 15) is 4.79 Å². The Labute approximate surface area is 148 Å². The molecule has 0 aliphatic rings. The molecular weight excluding hydrogens is 320 g/mol. The molecule has 0 unspecified atom stereocenters. The lowest BCUT2D eigenvalue weighted by atomic mass is 10.2. The second kappa shape index (κ2) is 9.35. The second-order valence-electron chi connectivity index (χ2n) is 5.58. The summed E-state index contributed by atoms with van der Waals surface area (Å²) in [7, 11) is 3.68. The molecule has 2 rings (SSSR count). The number of carbonyl (C=O) groups excluding carboxylic acids is 1. The van der Waals surface area contributed by atoms with Gasteiger partial charge in [0.15, 0.2) is 0 Å². The Balaban J connectivity index is 1.80. The number of hydrogen-bond donors (Lipinski definition) is 1. The van der Waals surface area contributed by atoms with Crippen molar-refractivity contribution in [1.82, 2.24) is 4.90 Å². The molecule has 0 aliphatic heterocycles. The maximum Gasteiger partial charge on any atom is 0.225 e. The van der Waals surface area contributed by atoms with Crippen LogP contribution in [0.3, 0.4) is 0 Å². The van der Waals surface area contributed by atoms with Crippen LogP contribution in [-0.4, -0.2) is 37.8 Å². The molecule has 0 aliphatic carbocycles. The Kier molecular flexibility index (Phi) is 7.15. The fourth-order valence-electron chi connectivity index (χ4n) is 2.37. The highest BCUT2D eigenvalue weighted by atomic mass is 32.2. The number of carbonyl (C=O) groups is 1. The summed E-state index contributed by atoms with van der Waals surface area (Å²) in [6.45, 7) is 1.51. The Hall–Kier alpha value is -1.98. The van der Waals surface area contributed by atoms with E-state index in [4.69, 9.17) is 4.74 Å². The van der Waals surface area contributed by atoms with E-state index in [1.165, 1.54) is 5.56 Å². The summed E-state index contributed by atoms with van der Waals surface area (Å²) in [6.07, 6.45) is 2.48. The van der Waals surface area contributed by atoms with E-state index >= 15 is 0 Å². The lowest BCUT2D eigenvalue weighted by Crippen LogP contribution is -2.24. The molecule has 1 N–H and O–H groups in total. The zero-order chi connectivity index (χ0) is 17.4. The third-order valence-corrected chi connectivity index (χ3v) is 4.51. The van der Waals surface area contributed by atoms with Gasteiger partial charge >= 0.3 is 0 Å². The van der Waals surface area contributed by atoms with E-state index in [0.29, 0.717) is 13.0 Å². The third-order valence-electron chi connectivity index (χ3n) is 3.71. The molecule has 1 amide bonds. The number of para-hydroxylation sites is 1. The van der Waals surface area contributed by atoms with E-state index in [0.717, 1.165) is 22.9 Å². The molecule has 128 valence electrons. The first-order valence-corrected chi connectivity index (χ1v) is 9.09. The van der Waals surface area contributed by atoms with Crippen molar-refractivity contribution in [2.45, 2.75) is 17.9 Å². The quantitative estimate of drug-likeness (QED) is 0.738. The summed E-state index contributed by atoms with van der Waals surface area (Å²) in [5.74, 6) is 0.895. The second-order valence-corrected chi connectivity index (χ2v) is 6.43. The van der Waals surface area contributed by atoms with Gasteiger partial charge in [-0.05, 0) is 43.1 Å². The predicted molar refractivity (Wildman–Crippen MR) is 101 cm³/mol. The molecule has 24 heavy (non-hydrogen) atoms. The van der Waals surface area contributed by atoms with E-state index in [2.05, 4.69) is 10.2 Å². The normalized spacial score (nSPS) is 10.7. The minimum Gasteiger partial charge on any atom is -0.497 e. The largest absolute Gasteiger partial charge is 0.497 e. The molecule has 2 aromatic rings. The van der Waals surface area contributed by atoms with Crippen molar-refractivity contribution < 1.29 is 9.53 Å². The van der Waals surface area contributed by atoms with Crippen LogP contribution in [0.4, 0.5) is 5.69 Å². The van der Waals surface area contributed by atoms with Gasteiger partial charge in [-0.2, -0.15) is 0 Å². The van der Waals surface area contributed by atoms with Crippen LogP contribution < -0.4 is 10.1 Å². The average Bonchev–Trinajstić information content (AvgIpc) is 2.61. The van der Waals surface area contributed by atoms with Crippen LogP contribution in [0.2, 0.25) is 0 Å². The highest BCUT2D eigenvalue weighted by Gasteiger charge is 2.08. The summed E-state index contributed by atoms with van der Waals surface area (Å²) >= 11 is 1.63. The maximum absolute atomic E-state index is 12.2. The minimum absolute atomic E-state index is 0.0399. The standard InChI is InChI=1S/C19H24N2O2S/c1-21(14-15-8-10-16(23-2)11-9-15)13-12-19(22)20-17-6-4-5-7-18(17)24-3/h4-11H,12-14H2,1-3H3,(H,20,22). The van der Waals surface area contributed by atoms with E-state index in [1.54, 1.807) is 18.9 Å². The number of anilines is 1. The van der Waals surface area contributed by atoms with E-state index in [1.807, 2.05) is 61.8 Å². The van der Waals surface area contributed by atoms with Gasteiger partial charge < -0.3 is 15.0 Å². The fraction of sp³-hybridized carbons (Fsp3) is 0.316. The molecule has 0 atom stereocenters. The van der Waals surface area contributed by atoms with Crippen molar-refractivity contribution in [3.63, 3.8) is 0 Å². The molecule has 0 spiro atoms. The number of thioether (sulfide) groups is 1. The molecule has 0 saturated heterocycles. The fourth-order valence-corrected chi connectivity index (χ4v) is 2.93. The first-order valence-electron chi connectivity index (χ1n) is 7.86. The molecule has 4 nitrogen and oxygen atoms in total. The molecular formula is C19H24N2O2S. The lowest BCUT2D eigenvalue weighted by Gasteiger charge is -2.17. The Morgan fingerprint density at radius 3 is 2.54 bits per heavy atom. The summed E-state index contributed by atoms with van der Waals surface area (Å²) in [5.41, 5.74) is 2.08. The molecule has 0 bridgehead atoms. The minimum atomic E-state index is 0.0399. The zero-order valence-electron chi connectivity index (χ0n) is 14.4. The highest BCUT2D eigenvalue weighted by molar-refractivity contribution is 7.98. The van der Waals surface area contributed by atoms with Gasteiger partial charge in [0.2, 0.25) is 5.91 Å². The number of nitrogens with zero attached hydrogens (tertiary/aromatic N) is 1. The molecule has 0 aromatic heterocycles. The molecule has 0 saturated carbocycles. The number of methoxy groups -OCH3 is 1. The Morgan fingerprint density at radius 1 is 1.17 bits per heavy atom. The molecule has 2 aromatic carbocycles. The van der Waals surface area contributed by atoms with Gasteiger partial charge in [0.1, 0.15) is 5.75 Å². The number of amides is 1.